The second-order valence-electron chi connectivity index (χ2n) is 4.62. The van der Waals surface area contributed by atoms with Crippen LogP contribution in [0.4, 0.5) is 0 Å². The molecule has 0 heterocycles. The standard InChI is InChI=1S/C13H21NOS/c1-9(2)16(15)8-13(14)12-6-10(3)5-11(4)7-12/h5-7,9,13H,8,14H2,1-4H3. The summed E-state index contributed by atoms with van der Waals surface area (Å²) in [6.45, 7) is 8.04. The maximum Gasteiger partial charge on any atom is 0.0431 e. The first kappa shape index (κ1) is 13.4. The first-order valence-corrected chi connectivity index (χ1v) is 6.99. The molecule has 0 saturated heterocycles. The second kappa shape index (κ2) is 5.60. The van der Waals surface area contributed by atoms with E-state index in [2.05, 4.69) is 32.0 Å². The minimum atomic E-state index is -0.841. The summed E-state index contributed by atoms with van der Waals surface area (Å²) in [4.78, 5) is 0. The van der Waals surface area contributed by atoms with Crippen LogP contribution in [0.3, 0.4) is 0 Å². The quantitative estimate of drug-likeness (QED) is 0.877. The van der Waals surface area contributed by atoms with E-state index in [1.807, 2.05) is 13.8 Å². The zero-order valence-electron chi connectivity index (χ0n) is 10.5. The Bertz CT molecular complexity index is 367. The van der Waals surface area contributed by atoms with E-state index in [1.54, 1.807) is 0 Å². The third-order valence-corrected chi connectivity index (χ3v) is 4.28. The summed E-state index contributed by atoms with van der Waals surface area (Å²) in [5, 5.41) is 0.178. The Morgan fingerprint density at radius 1 is 1.19 bits per heavy atom. The molecule has 0 aliphatic heterocycles. The Hall–Kier alpha value is -0.670. The molecule has 1 aromatic rings. The number of hydrogen-bond donors (Lipinski definition) is 1. The third-order valence-electron chi connectivity index (χ3n) is 2.54. The van der Waals surface area contributed by atoms with Gasteiger partial charge >= 0.3 is 0 Å². The molecule has 16 heavy (non-hydrogen) atoms. The van der Waals surface area contributed by atoms with Crippen LogP contribution in [0.15, 0.2) is 18.2 Å². The van der Waals surface area contributed by atoms with E-state index in [4.69, 9.17) is 5.73 Å². The zero-order valence-corrected chi connectivity index (χ0v) is 11.3. The van der Waals surface area contributed by atoms with E-state index >= 15 is 0 Å². The molecule has 0 fully saturated rings. The molecule has 2 unspecified atom stereocenters. The molecule has 2 atom stereocenters. The summed E-state index contributed by atoms with van der Waals surface area (Å²) in [6, 6.07) is 6.15. The van der Waals surface area contributed by atoms with E-state index in [9.17, 15) is 4.21 Å². The SMILES string of the molecule is Cc1cc(C)cc(C(N)CS(=O)C(C)C)c1. The highest BCUT2D eigenvalue weighted by molar-refractivity contribution is 7.85. The summed E-state index contributed by atoms with van der Waals surface area (Å²) >= 11 is 0. The maximum atomic E-state index is 11.7. The molecule has 90 valence electrons. The van der Waals surface area contributed by atoms with Crippen molar-refractivity contribution in [2.45, 2.75) is 39.0 Å². The van der Waals surface area contributed by atoms with Crippen molar-refractivity contribution in [1.29, 1.82) is 0 Å². The number of nitrogens with two attached hydrogens (primary N) is 1. The number of hydrogen-bond acceptors (Lipinski definition) is 2. The predicted molar refractivity (Wildman–Crippen MR) is 71.0 cm³/mol. The Labute approximate surface area is 101 Å². The van der Waals surface area contributed by atoms with Crippen LogP contribution in [0.1, 0.15) is 36.6 Å². The number of rotatable bonds is 4. The van der Waals surface area contributed by atoms with Gasteiger partial charge in [-0.3, -0.25) is 4.21 Å². The first-order chi connectivity index (χ1) is 7.40. The van der Waals surface area contributed by atoms with Crippen molar-refractivity contribution >= 4 is 10.8 Å². The van der Waals surface area contributed by atoms with Gasteiger partial charge in [0.15, 0.2) is 0 Å². The highest BCUT2D eigenvalue weighted by Gasteiger charge is 2.13. The lowest BCUT2D eigenvalue weighted by Crippen LogP contribution is -2.22. The van der Waals surface area contributed by atoms with Gasteiger partial charge in [0.25, 0.3) is 0 Å². The van der Waals surface area contributed by atoms with E-state index < -0.39 is 10.8 Å². The monoisotopic (exact) mass is 239 g/mol. The highest BCUT2D eigenvalue weighted by atomic mass is 32.2. The van der Waals surface area contributed by atoms with E-state index in [0.717, 1.165) is 5.56 Å². The van der Waals surface area contributed by atoms with Crippen LogP contribution in [0.2, 0.25) is 0 Å². The smallest absolute Gasteiger partial charge is 0.0431 e. The number of benzene rings is 1. The minimum Gasteiger partial charge on any atom is -0.323 e. The third kappa shape index (κ3) is 3.72. The van der Waals surface area contributed by atoms with Crippen molar-refractivity contribution in [2.75, 3.05) is 5.75 Å². The molecule has 0 aliphatic carbocycles. The average Bonchev–Trinajstić information content (AvgIpc) is 2.15. The van der Waals surface area contributed by atoms with Crippen molar-refractivity contribution in [3.05, 3.63) is 34.9 Å². The van der Waals surface area contributed by atoms with Crippen LogP contribution >= 0.6 is 0 Å². The molecule has 0 aliphatic rings. The van der Waals surface area contributed by atoms with Crippen LogP contribution in [0.25, 0.3) is 0 Å². The lowest BCUT2D eigenvalue weighted by molar-refractivity contribution is 0.668. The second-order valence-corrected chi connectivity index (χ2v) is 6.66. The molecule has 0 bridgehead atoms. The van der Waals surface area contributed by atoms with Gasteiger partial charge in [-0.1, -0.05) is 43.2 Å². The van der Waals surface area contributed by atoms with Crippen molar-refractivity contribution in [3.63, 3.8) is 0 Å². The lowest BCUT2D eigenvalue weighted by Gasteiger charge is -2.15. The molecular weight excluding hydrogens is 218 g/mol. The van der Waals surface area contributed by atoms with Crippen LogP contribution in [-0.4, -0.2) is 15.2 Å². The Kier molecular flexibility index (Phi) is 4.69. The summed E-state index contributed by atoms with van der Waals surface area (Å²) in [6.07, 6.45) is 0. The molecule has 1 aromatic carbocycles. The fourth-order valence-electron chi connectivity index (χ4n) is 1.69. The van der Waals surface area contributed by atoms with Crippen LogP contribution < -0.4 is 5.73 Å². The van der Waals surface area contributed by atoms with Gasteiger partial charge in [-0.15, -0.1) is 0 Å². The zero-order chi connectivity index (χ0) is 12.3. The van der Waals surface area contributed by atoms with Crippen molar-refractivity contribution in [3.8, 4) is 0 Å². The summed E-state index contributed by atoms with van der Waals surface area (Å²) < 4.78 is 11.7. The largest absolute Gasteiger partial charge is 0.323 e. The van der Waals surface area contributed by atoms with E-state index in [1.165, 1.54) is 11.1 Å². The summed E-state index contributed by atoms with van der Waals surface area (Å²) in [7, 11) is -0.841. The topological polar surface area (TPSA) is 43.1 Å². The highest BCUT2D eigenvalue weighted by Crippen LogP contribution is 2.16. The van der Waals surface area contributed by atoms with Gasteiger partial charge in [-0.2, -0.15) is 0 Å². The van der Waals surface area contributed by atoms with E-state index in [-0.39, 0.29) is 11.3 Å². The fourth-order valence-corrected chi connectivity index (χ4v) is 2.62. The molecule has 0 aromatic heterocycles. The van der Waals surface area contributed by atoms with Crippen molar-refractivity contribution < 1.29 is 4.21 Å². The Balaban J connectivity index is 2.80. The van der Waals surface area contributed by atoms with E-state index in [0.29, 0.717) is 5.75 Å². The van der Waals surface area contributed by atoms with Crippen LogP contribution in [-0.2, 0) is 10.8 Å². The molecule has 2 N–H and O–H groups in total. The van der Waals surface area contributed by atoms with Gasteiger partial charge in [0.05, 0.1) is 0 Å². The molecular formula is C13H21NOS. The molecule has 0 spiro atoms. The van der Waals surface area contributed by atoms with Gasteiger partial charge in [0, 0.05) is 27.8 Å². The number of aryl methyl sites for hydroxylation is 2. The van der Waals surface area contributed by atoms with Crippen LogP contribution in [0.5, 0.6) is 0 Å². The lowest BCUT2D eigenvalue weighted by atomic mass is 10.0. The minimum absolute atomic E-state index is 0.123. The molecule has 1 rings (SSSR count). The maximum absolute atomic E-state index is 11.7. The first-order valence-electron chi connectivity index (χ1n) is 5.61. The molecule has 0 saturated carbocycles. The average molecular weight is 239 g/mol. The Morgan fingerprint density at radius 3 is 2.12 bits per heavy atom. The van der Waals surface area contributed by atoms with Gasteiger partial charge < -0.3 is 5.73 Å². The van der Waals surface area contributed by atoms with Gasteiger partial charge in [-0.25, -0.2) is 0 Å². The molecule has 0 amide bonds. The van der Waals surface area contributed by atoms with Crippen LogP contribution in [0, 0.1) is 13.8 Å². The van der Waals surface area contributed by atoms with Crippen molar-refractivity contribution in [1.82, 2.24) is 0 Å². The van der Waals surface area contributed by atoms with Gasteiger partial charge in [-0.05, 0) is 19.4 Å². The normalized spacial score (nSPS) is 15.1. The summed E-state index contributed by atoms with van der Waals surface area (Å²) in [5.41, 5.74) is 9.59. The van der Waals surface area contributed by atoms with Crippen molar-refractivity contribution in [2.24, 2.45) is 5.73 Å². The molecule has 3 heteroatoms. The van der Waals surface area contributed by atoms with Gasteiger partial charge in [0.1, 0.15) is 0 Å². The summed E-state index contributed by atoms with van der Waals surface area (Å²) in [5.74, 6) is 0.542. The Morgan fingerprint density at radius 2 is 1.69 bits per heavy atom. The fraction of sp³-hybridized carbons (Fsp3) is 0.538. The predicted octanol–water partition coefficient (Wildman–Crippen LogP) is 2.46. The molecule has 2 nitrogen and oxygen atoms in total. The van der Waals surface area contributed by atoms with Gasteiger partial charge in [0.2, 0.25) is 0 Å². The molecule has 0 radical (unpaired) electrons.